The summed E-state index contributed by atoms with van der Waals surface area (Å²) in [6.45, 7) is 4.35. The van der Waals surface area contributed by atoms with E-state index in [4.69, 9.17) is 4.74 Å². The maximum atomic E-state index is 12.6. The van der Waals surface area contributed by atoms with Crippen molar-refractivity contribution in [1.82, 2.24) is 4.90 Å². The van der Waals surface area contributed by atoms with Crippen LogP contribution in [0.3, 0.4) is 0 Å². The summed E-state index contributed by atoms with van der Waals surface area (Å²) in [7, 11) is -3.67. The molecule has 0 bridgehead atoms. The molecule has 1 aliphatic heterocycles. The van der Waals surface area contributed by atoms with Crippen molar-refractivity contribution < 1.29 is 17.9 Å². The van der Waals surface area contributed by atoms with E-state index in [1.54, 1.807) is 41.3 Å². The van der Waals surface area contributed by atoms with Crippen LogP contribution in [0.5, 0.6) is 0 Å². The lowest BCUT2D eigenvalue weighted by Crippen LogP contribution is -2.40. The predicted octanol–water partition coefficient (Wildman–Crippen LogP) is 3.30. The van der Waals surface area contributed by atoms with Gasteiger partial charge in [0, 0.05) is 24.3 Å². The van der Waals surface area contributed by atoms with Crippen molar-refractivity contribution in [3.8, 4) is 0 Å². The summed E-state index contributed by atoms with van der Waals surface area (Å²) in [4.78, 5) is 14.4. The van der Waals surface area contributed by atoms with E-state index in [2.05, 4.69) is 11.6 Å². The molecular weight excluding hydrogens is 376 g/mol. The summed E-state index contributed by atoms with van der Waals surface area (Å²) in [5, 5.41) is 0. The van der Waals surface area contributed by atoms with Crippen LogP contribution in [-0.4, -0.2) is 45.5 Å². The molecule has 7 heteroatoms. The Bertz CT molecular complexity index is 887. The third kappa shape index (κ3) is 5.11. The number of ether oxygens (including phenoxy) is 1. The minimum atomic E-state index is -3.67. The first-order valence-electron chi connectivity index (χ1n) is 9.58. The van der Waals surface area contributed by atoms with Gasteiger partial charge in [-0.05, 0) is 54.8 Å². The van der Waals surface area contributed by atoms with Gasteiger partial charge in [0.2, 0.25) is 0 Å². The lowest BCUT2D eigenvalue weighted by molar-refractivity contribution is 0.0303. The van der Waals surface area contributed by atoms with E-state index in [9.17, 15) is 13.2 Å². The summed E-state index contributed by atoms with van der Waals surface area (Å²) in [5.41, 5.74) is 2.09. The number of anilines is 1. The molecule has 0 radical (unpaired) electrons. The van der Waals surface area contributed by atoms with Gasteiger partial charge < -0.3 is 9.64 Å². The second-order valence-electron chi connectivity index (χ2n) is 6.83. The Balaban J connectivity index is 1.66. The third-order valence-electron chi connectivity index (χ3n) is 4.74. The Morgan fingerprint density at radius 3 is 2.29 bits per heavy atom. The summed E-state index contributed by atoms with van der Waals surface area (Å²) in [6, 6.07) is 13.5. The van der Waals surface area contributed by atoms with Crippen molar-refractivity contribution in [2.45, 2.75) is 31.1 Å². The van der Waals surface area contributed by atoms with Crippen LogP contribution in [0.4, 0.5) is 5.69 Å². The Labute approximate surface area is 166 Å². The number of carbonyl (C=O) groups excluding carboxylic acids is 1. The van der Waals surface area contributed by atoms with Crippen molar-refractivity contribution in [1.29, 1.82) is 0 Å². The Morgan fingerprint density at radius 1 is 1.04 bits per heavy atom. The Morgan fingerprint density at radius 2 is 1.68 bits per heavy atom. The lowest BCUT2D eigenvalue weighted by atomic mass is 10.1. The van der Waals surface area contributed by atoms with Crippen LogP contribution < -0.4 is 4.72 Å². The molecule has 1 N–H and O–H groups in total. The molecule has 28 heavy (non-hydrogen) atoms. The molecular formula is C21H26N2O4S. The summed E-state index contributed by atoms with van der Waals surface area (Å²) < 4.78 is 33.0. The zero-order valence-corrected chi connectivity index (χ0v) is 16.9. The van der Waals surface area contributed by atoms with Crippen LogP contribution >= 0.6 is 0 Å². The maximum Gasteiger partial charge on any atom is 0.261 e. The van der Waals surface area contributed by atoms with Crippen molar-refractivity contribution in [3.63, 3.8) is 0 Å². The molecule has 0 spiro atoms. The van der Waals surface area contributed by atoms with Crippen LogP contribution in [0.2, 0.25) is 0 Å². The van der Waals surface area contributed by atoms with Crippen LogP contribution in [0.15, 0.2) is 53.4 Å². The van der Waals surface area contributed by atoms with Gasteiger partial charge in [-0.2, -0.15) is 0 Å². The molecule has 2 aromatic rings. The second kappa shape index (κ2) is 9.21. The number of hydrogen-bond acceptors (Lipinski definition) is 4. The highest BCUT2D eigenvalue weighted by atomic mass is 32.2. The smallest absolute Gasteiger partial charge is 0.261 e. The molecule has 6 nitrogen and oxygen atoms in total. The number of unbranched alkanes of at least 4 members (excludes halogenated alkanes) is 1. The largest absolute Gasteiger partial charge is 0.378 e. The number of aryl methyl sites for hydroxylation is 1. The molecule has 150 valence electrons. The molecule has 1 heterocycles. The zero-order chi connectivity index (χ0) is 20.0. The molecule has 1 saturated heterocycles. The standard InChI is InChI=1S/C21H26N2O4S/c1-2-3-4-17-5-11-20(12-6-17)28(25,26)22-19-9-7-18(8-10-19)21(24)23-13-15-27-16-14-23/h5-12,22H,2-4,13-16H2,1H3. The molecule has 1 fully saturated rings. The van der Waals surface area contributed by atoms with E-state index in [1.165, 1.54) is 0 Å². The molecule has 0 atom stereocenters. The van der Waals surface area contributed by atoms with Gasteiger partial charge in [0.25, 0.3) is 15.9 Å². The molecule has 0 unspecified atom stereocenters. The quantitative estimate of drug-likeness (QED) is 0.771. The molecule has 2 aromatic carbocycles. The summed E-state index contributed by atoms with van der Waals surface area (Å²) in [5.74, 6) is -0.0691. The van der Waals surface area contributed by atoms with Gasteiger partial charge in [-0.15, -0.1) is 0 Å². The number of hydrogen-bond donors (Lipinski definition) is 1. The zero-order valence-electron chi connectivity index (χ0n) is 16.1. The number of rotatable bonds is 7. The first-order valence-corrected chi connectivity index (χ1v) is 11.1. The minimum Gasteiger partial charge on any atom is -0.378 e. The highest BCUT2D eigenvalue weighted by molar-refractivity contribution is 7.92. The average molecular weight is 403 g/mol. The van der Waals surface area contributed by atoms with Crippen LogP contribution in [0, 0.1) is 0 Å². The van der Waals surface area contributed by atoms with Crippen molar-refractivity contribution in [2.75, 3.05) is 31.0 Å². The fourth-order valence-corrected chi connectivity index (χ4v) is 4.12. The van der Waals surface area contributed by atoms with E-state index in [0.717, 1.165) is 24.8 Å². The van der Waals surface area contributed by atoms with Crippen LogP contribution in [-0.2, 0) is 21.2 Å². The van der Waals surface area contributed by atoms with Gasteiger partial charge in [0.05, 0.1) is 18.1 Å². The number of sulfonamides is 1. The van der Waals surface area contributed by atoms with Crippen molar-refractivity contribution in [3.05, 3.63) is 59.7 Å². The van der Waals surface area contributed by atoms with E-state index in [0.29, 0.717) is 37.6 Å². The normalized spacial score (nSPS) is 14.7. The topological polar surface area (TPSA) is 75.7 Å². The predicted molar refractivity (Wildman–Crippen MR) is 109 cm³/mol. The summed E-state index contributed by atoms with van der Waals surface area (Å²) in [6.07, 6.45) is 3.13. The van der Waals surface area contributed by atoms with Gasteiger partial charge in [-0.1, -0.05) is 25.5 Å². The molecule has 0 saturated carbocycles. The minimum absolute atomic E-state index is 0.0691. The number of nitrogens with zero attached hydrogens (tertiary/aromatic N) is 1. The Hall–Kier alpha value is -2.38. The van der Waals surface area contributed by atoms with Crippen molar-refractivity contribution >= 4 is 21.6 Å². The van der Waals surface area contributed by atoms with Gasteiger partial charge >= 0.3 is 0 Å². The monoisotopic (exact) mass is 402 g/mol. The van der Waals surface area contributed by atoms with E-state index >= 15 is 0 Å². The average Bonchev–Trinajstić information content (AvgIpc) is 2.73. The number of amides is 1. The van der Waals surface area contributed by atoms with Gasteiger partial charge in [-0.25, -0.2) is 8.42 Å². The van der Waals surface area contributed by atoms with Gasteiger partial charge in [0.1, 0.15) is 0 Å². The number of benzene rings is 2. The molecule has 0 aromatic heterocycles. The fraction of sp³-hybridized carbons (Fsp3) is 0.381. The van der Waals surface area contributed by atoms with Crippen LogP contribution in [0.1, 0.15) is 35.7 Å². The van der Waals surface area contributed by atoms with Gasteiger partial charge in [-0.3, -0.25) is 9.52 Å². The van der Waals surface area contributed by atoms with E-state index in [-0.39, 0.29) is 10.8 Å². The van der Waals surface area contributed by atoms with E-state index in [1.807, 2.05) is 12.1 Å². The van der Waals surface area contributed by atoms with Gasteiger partial charge in [0.15, 0.2) is 0 Å². The number of carbonyl (C=O) groups is 1. The lowest BCUT2D eigenvalue weighted by Gasteiger charge is -2.26. The molecule has 1 aliphatic rings. The van der Waals surface area contributed by atoms with Crippen molar-refractivity contribution in [2.24, 2.45) is 0 Å². The molecule has 3 rings (SSSR count). The number of nitrogens with one attached hydrogen (secondary N) is 1. The maximum absolute atomic E-state index is 12.6. The fourth-order valence-electron chi connectivity index (χ4n) is 3.06. The molecule has 1 amide bonds. The highest BCUT2D eigenvalue weighted by Gasteiger charge is 2.19. The third-order valence-corrected chi connectivity index (χ3v) is 6.13. The first kappa shape index (κ1) is 20.4. The summed E-state index contributed by atoms with van der Waals surface area (Å²) >= 11 is 0. The first-order chi connectivity index (χ1) is 13.5. The van der Waals surface area contributed by atoms with E-state index < -0.39 is 10.0 Å². The highest BCUT2D eigenvalue weighted by Crippen LogP contribution is 2.19. The second-order valence-corrected chi connectivity index (χ2v) is 8.52. The SMILES string of the molecule is CCCCc1ccc(S(=O)(=O)Nc2ccc(C(=O)N3CCOCC3)cc2)cc1. The van der Waals surface area contributed by atoms with Crippen LogP contribution in [0.25, 0.3) is 0 Å². The Kier molecular flexibility index (Phi) is 6.70. The molecule has 0 aliphatic carbocycles. The number of morpholine rings is 1.